The van der Waals surface area contributed by atoms with Crippen molar-refractivity contribution in [2.24, 2.45) is 11.3 Å². The Bertz CT molecular complexity index is 2500. The highest BCUT2D eigenvalue weighted by atomic mass is 19.1. The number of rotatable bonds is 19. The molecule has 5 aliphatic heterocycles. The van der Waals surface area contributed by atoms with E-state index in [0.717, 1.165) is 147 Å². The zero-order valence-corrected chi connectivity index (χ0v) is 45.7. The lowest BCUT2D eigenvalue weighted by Crippen LogP contribution is -2.63. The number of benzene rings is 2. The number of aldehydes is 1. The fourth-order valence-corrected chi connectivity index (χ4v) is 11.6. The van der Waals surface area contributed by atoms with Crippen LogP contribution < -0.4 is 35.4 Å². The van der Waals surface area contributed by atoms with Crippen molar-refractivity contribution in [1.82, 2.24) is 40.2 Å². The summed E-state index contributed by atoms with van der Waals surface area (Å²) in [6.07, 6.45) is 13.4. The number of amides is 4. The summed E-state index contributed by atoms with van der Waals surface area (Å²) >= 11 is 0. The molecule has 6 heterocycles. The number of methoxy groups -OCH3 is 1. The second-order valence-electron chi connectivity index (χ2n) is 22.4. The highest BCUT2D eigenvalue weighted by molar-refractivity contribution is 5.99. The summed E-state index contributed by atoms with van der Waals surface area (Å²) in [5.74, 6) is 1.97. The molecular weight excluding hydrogens is 971 g/mol. The van der Waals surface area contributed by atoms with E-state index in [1.54, 1.807) is 24.5 Å². The van der Waals surface area contributed by atoms with Crippen molar-refractivity contribution in [3.63, 3.8) is 0 Å². The van der Waals surface area contributed by atoms with E-state index in [1.807, 2.05) is 33.8 Å². The van der Waals surface area contributed by atoms with E-state index < -0.39 is 6.03 Å². The zero-order valence-electron chi connectivity index (χ0n) is 45.7. The maximum absolute atomic E-state index is 15.9. The Morgan fingerprint density at radius 2 is 1.61 bits per heavy atom. The Labute approximate surface area is 448 Å². The number of piperazine rings is 2. The number of hydrogen-bond acceptors (Lipinski definition) is 13. The number of carbonyl (C=O) groups excluding carboxylic acids is 4. The van der Waals surface area contributed by atoms with Gasteiger partial charge in [0, 0.05) is 134 Å². The Hall–Kier alpha value is -6.08. The molecular formula is C57H82F2N12O5. The minimum atomic E-state index is -0.393. The van der Waals surface area contributed by atoms with Gasteiger partial charge >= 0.3 is 6.03 Å². The predicted molar refractivity (Wildman–Crippen MR) is 294 cm³/mol. The molecule has 0 saturated carbocycles. The van der Waals surface area contributed by atoms with Crippen molar-refractivity contribution >= 4 is 47.1 Å². The first-order valence-corrected chi connectivity index (χ1v) is 27.8. The SMILES string of the molecule is CC=C1CN(c2cc(F)c(CN3CCC(C)(C)CC3)cc2F)CC2(CCN(c3cc(NCCCCCC(=O)N4CCC(CN5CCN(C(=O)c6ccc(OC)c(N(CCC=O)C(=O)NC)c6)CC5)CC4)ncn3)CC2)N1. The molecule has 0 radical (unpaired) electrons. The number of halogens is 2. The van der Waals surface area contributed by atoms with Crippen molar-refractivity contribution < 1.29 is 32.7 Å². The number of urea groups is 1. The summed E-state index contributed by atoms with van der Waals surface area (Å²) in [4.78, 5) is 74.0. The average Bonchev–Trinajstić information content (AvgIpc) is 3.43. The molecule has 17 nitrogen and oxygen atoms in total. The molecule has 5 fully saturated rings. The number of nitrogens with zero attached hydrogens (tertiary/aromatic N) is 9. The summed E-state index contributed by atoms with van der Waals surface area (Å²) in [6.45, 7) is 17.5. The van der Waals surface area contributed by atoms with E-state index in [0.29, 0.717) is 78.7 Å². The van der Waals surface area contributed by atoms with Gasteiger partial charge in [0.25, 0.3) is 5.91 Å². The summed E-state index contributed by atoms with van der Waals surface area (Å²) in [7, 11) is 3.03. The normalized spacial score (nSPS) is 19.9. The Balaban J connectivity index is 0.713. The standard InChI is InChI=1S/C57H82F2N12O5/c1-6-45-39-70(48-35-46(58)44(33-47(48)59)38-65-24-16-56(2,3)17-25-65)40-57(64-45)18-26-67(27-19-57)52-36-51(62-41-63-52)61-20-9-7-8-11-53(73)68-22-14-42(15-23-68)37-66-28-30-69(31-29-66)54(74)43-12-13-50(76-5)49(34-43)71(21-10-32-72)55(75)60-4/h6,12-13,32-36,41-42,64H,7-11,14-31,37-40H2,1-5H3,(H,60,75)(H,61,62,63). The third-order valence-corrected chi connectivity index (χ3v) is 16.5. The van der Waals surface area contributed by atoms with Crippen molar-refractivity contribution in [1.29, 1.82) is 0 Å². The maximum atomic E-state index is 15.9. The molecule has 414 valence electrons. The van der Waals surface area contributed by atoms with E-state index in [4.69, 9.17) is 4.74 Å². The van der Waals surface area contributed by atoms with E-state index in [2.05, 4.69) is 54.5 Å². The lowest BCUT2D eigenvalue weighted by Gasteiger charge is -2.50. The molecule has 8 rings (SSSR count). The molecule has 0 unspecified atom stereocenters. The van der Waals surface area contributed by atoms with Crippen LogP contribution >= 0.6 is 0 Å². The molecule has 5 aliphatic rings. The second-order valence-corrected chi connectivity index (χ2v) is 22.4. The molecule has 0 aliphatic carbocycles. The summed E-state index contributed by atoms with van der Waals surface area (Å²) in [5, 5.41) is 9.85. The lowest BCUT2D eigenvalue weighted by molar-refractivity contribution is -0.132. The number of piperidine rings is 3. The molecule has 0 bridgehead atoms. The van der Waals surface area contributed by atoms with Gasteiger partial charge in [0.05, 0.1) is 30.6 Å². The van der Waals surface area contributed by atoms with Crippen LogP contribution in [0.2, 0.25) is 0 Å². The number of ether oxygens (including phenoxy) is 1. The smallest absolute Gasteiger partial charge is 0.321 e. The van der Waals surface area contributed by atoms with Crippen LogP contribution in [0.1, 0.15) is 107 Å². The van der Waals surface area contributed by atoms with Crippen LogP contribution in [0, 0.1) is 23.0 Å². The Morgan fingerprint density at radius 1 is 0.855 bits per heavy atom. The van der Waals surface area contributed by atoms with Crippen molar-refractivity contribution in [3.05, 3.63) is 77.3 Å². The number of allylic oxidation sites excluding steroid dienone is 1. The second kappa shape index (κ2) is 25.8. The molecule has 0 atom stereocenters. The molecule has 2 aromatic carbocycles. The van der Waals surface area contributed by atoms with Crippen LogP contribution in [-0.4, -0.2) is 172 Å². The summed E-state index contributed by atoms with van der Waals surface area (Å²) in [5.41, 5.74) is 2.66. The molecule has 1 aromatic heterocycles. The van der Waals surface area contributed by atoms with Gasteiger partial charge in [0.1, 0.15) is 41.6 Å². The van der Waals surface area contributed by atoms with Crippen molar-refractivity contribution in [2.75, 3.05) is 132 Å². The highest BCUT2D eigenvalue weighted by Crippen LogP contribution is 2.36. The molecule has 19 heteroatoms. The molecule has 3 N–H and O–H groups in total. The van der Waals surface area contributed by atoms with Crippen LogP contribution in [0.4, 0.5) is 36.6 Å². The maximum Gasteiger partial charge on any atom is 0.321 e. The first kappa shape index (κ1) is 56.1. The topological polar surface area (TPSA) is 162 Å². The van der Waals surface area contributed by atoms with Gasteiger partial charge in [-0.1, -0.05) is 26.3 Å². The molecule has 3 aromatic rings. The molecule has 5 saturated heterocycles. The fraction of sp³-hybridized carbons (Fsp3) is 0.614. The van der Waals surface area contributed by atoms with Gasteiger partial charge in [0.15, 0.2) is 0 Å². The van der Waals surface area contributed by atoms with E-state index in [9.17, 15) is 19.2 Å². The third kappa shape index (κ3) is 14.3. The summed E-state index contributed by atoms with van der Waals surface area (Å²) in [6, 6.07) is 9.50. The predicted octanol–water partition coefficient (Wildman–Crippen LogP) is 7.14. The van der Waals surface area contributed by atoms with Crippen LogP contribution in [-0.2, 0) is 16.1 Å². The average molecular weight is 1050 g/mol. The van der Waals surface area contributed by atoms with Gasteiger partial charge in [-0.05, 0) is 107 Å². The number of aromatic nitrogens is 2. The van der Waals surface area contributed by atoms with Crippen molar-refractivity contribution in [3.8, 4) is 5.75 Å². The Kier molecular flexibility index (Phi) is 19.1. The van der Waals surface area contributed by atoms with Gasteiger partial charge in [-0.25, -0.2) is 23.5 Å². The number of nitrogens with one attached hydrogen (secondary N) is 3. The quantitative estimate of drug-likeness (QED) is 0.0822. The molecule has 1 spiro atoms. The minimum absolute atomic E-state index is 0.108. The van der Waals surface area contributed by atoms with Crippen LogP contribution in [0.25, 0.3) is 0 Å². The third-order valence-electron chi connectivity index (χ3n) is 16.5. The lowest BCUT2D eigenvalue weighted by atomic mass is 9.82. The summed E-state index contributed by atoms with van der Waals surface area (Å²) < 4.78 is 37.1. The van der Waals surface area contributed by atoms with E-state index in [1.165, 1.54) is 31.2 Å². The first-order valence-electron chi connectivity index (χ1n) is 27.8. The zero-order chi connectivity index (χ0) is 53.8. The monoisotopic (exact) mass is 1050 g/mol. The fourth-order valence-electron chi connectivity index (χ4n) is 11.6. The largest absolute Gasteiger partial charge is 0.495 e. The van der Waals surface area contributed by atoms with Gasteiger partial charge in [0.2, 0.25) is 5.91 Å². The number of carbonyl (C=O) groups is 4. The minimum Gasteiger partial charge on any atom is -0.495 e. The number of unbranched alkanes of at least 4 members (excludes halogenated alkanes) is 2. The number of likely N-dealkylation sites (tertiary alicyclic amines) is 2. The van der Waals surface area contributed by atoms with Crippen LogP contribution in [0.15, 0.2) is 54.5 Å². The Morgan fingerprint density at radius 3 is 2.30 bits per heavy atom. The van der Waals surface area contributed by atoms with Gasteiger partial charge < -0.3 is 45.1 Å². The van der Waals surface area contributed by atoms with Gasteiger partial charge in [-0.3, -0.25) is 24.3 Å². The van der Waals surface area contributed by atoms with Crippen LogP contribution in [0.5, 0.6) is 5.75 Å². The van der Waals surface area contributed by atoms with Crippen molar-refractivity contribution in [2.45, 2.75) is 103 Å². The molecule has 4 amide bonds. The number of anilines is 4. The van der Waals surface area contributed by atoms with Gasteiger partial charge in [-0.15, -0.1) is 0 Å². The first-order chi connectivity index (χ1) is 36.7. The van der Waals surface area contributed by atoms with E-state index in [-0.39, 0.29) is 42.0 Å². The number of hydrogen-bond donors (Lipinski definition) is 3. The van der Waals surface area contributed by atoms with E-state index >= 15 is 8.78 Å². The highest BCUT2D eigenvalue weighted by Gasteiger charge is 2.41. The van der Waals surface area contributed by atoms with Gasteiger partial charge in [-0.2, -0.15) is 0 Å². The molecule has 76 heavy (non-hydrogen) atoms. The van der Waals surface area contributed by atoms with Crippen LogP contribution in [0.3, 0.4) is 0 Å².